The Morgan fingerprint density at radius 2 is 1.68 bits per heavy atom. The zero-order chi connectivity index (χ0) is 17.8. The molecule has 2 heterocycles. The van der Waals surface area contributed by atoms with Crippen LogP contribution in [0, 0.1) is 0 Å². The van der Waals surface area contributed by atoms with Gasteiger partial charge in [-0.25, -0.2) is 5.01 Å². The number of benzene rings is 1. The fraction of sp³-hybridized carbons (Fsp3) is 0.556. The Labute approximate surface area is 149 Å². The van der Waals surface area contributed by atoms with E-state index in [9.17, 15) is 0 Å². The van der Waals surface area contributed by atoms with Gasteiger partial charge in [-0.3, -0.25) is 5.01 Å². The van der Waals surface area contributed by atoms with Gasteiger partial charge in [-0.05, 0) is 38.1 Å². The molecule has 7 nitrogen and oxygen atoms in total. The molecule has 1 aromatic carbocycles. The molecule has 1 atom stereocenters. The predicted molar refractivity (Wildman–Crippen MR) is 96.6 cm³/mol. The standard InChI is InChI=1S/C18H28N4O3/c1-21(14-5-7-19-8-6-14)22-10-9-20-18(22)13-11-15(23-2)17(25-4)16(12-13)24-3/h9-12,14,18-20H,5-8H2,1-4H3. The lowest BCUT2D eigenvalue weighted by atomic mass is 10.1. The van der Waals surface area contributed by atoms with Gasteiger partial charge in [0.2, 0.25) is 5.75 Å². The lowest BCUT2D eigenvalue weighted by Gasteiger charge is -2.40. The van der Waals surface area contributed by atoms with Gasteiger partial charge in [0.15, 0.2) is 11.5 Å². The van der Waals surface area contributed by atoms with Crippen molar-refractivity contribution in [1.29, 1.82) is 0 Å². The Morgan fingerprint density at radius 1 is 1.04 bits per heavy atom. The topological polar surface area (TPSA) is 58.2 Å². The third-order valence-corrected chi connectivity index (χ3v) is 4.95. The van der Waals surface area contributed by atoms with Gasteiger partial charge in [0.1, 0.15) is 6.17 Å². The molecule has 0 aliphatic carbocycles. The molecule has 0 bridgehead atoms. The van der Waals surface area contributed by atoms with Gasteiger partial charge in [-0.15, -0.1) is 0 Å². The second-order valence-electron chi connectivity index (χ2n) is 6.28. The van der Waals surface area contributed by atoms with E-state index in [2.05, 4.69) is 33.9 Å². The first-order chi connectivity index (χ1) is 12.2. The summed E-state index contributed by atoms with van der Waals surface area (Å²) in [6.07, 6.45) is 6.33. The molecule has 2 aliphatic rings. The Hall–Kier alpha value is -2.12. The SMILES string of the molecule is COc1cc(C2NC=CN2N(C)C2CCNCC2)cc(OC)c1OC. The van der Waals surface area contributed by atoms with E-state index in [1.54, 1.807) is 21.3 Å². The van der Waals surface area contributed by atoms with Gasteiger partial charge < -0.3 is 24.8 Å². The molecule has 1 aromatic rings. The van der Waals surface area contributed by atoms with Crippen LogP contribution in [0.4, 0.5) is 0 Å². The molecule has 1 unspecified atom stereocenters. The molecule has 0 spiro atoms. The Balaban J connectivity index is 1.87. The summed E-state index contributed by atoms with van der Waals surface area (Å²) in [5.41, 5.74) is 1.06. The molecule has 0 radical (unpaired) electrons. The van der Waals surface area contributed by atoms with Gasteiger partial charge in [-0.1, -0.05) is 0 Å². The third kappa shape index (κ3) is 3.48. The zero-order valence-electron chi connectivity index (χ0n) is 15.4. The molecule has 3 rings (SSSR count). The summed E-state index contributed by atoms with van der Waals surface area (Å²) >= 11 is 0. The largest absolute Gasteiger partial charge is 0.493 e. The monoisotopic (exact) mass is 348 g/mol. The average molecular weight is 348 g/mol. The highest BCUT2D eigenvalue weighted by Crippen LogP contribution is 2.41. The highest BCUT2D eigenvalue weighted by atomic mass is 16.5. The molecule has 0 amide bonds. The fourth-order valence-electron chi connectivity index (χ4n) is 3.54. The number of methoxy groups -OCH3 is 3. The number of hydrogen-bond acceptors (Lipinski definition) is 7. The number of piperidine rings is 1. The first kappa shape index (κ1) is 17.7. The lowest BCUT2D eigenvalue weighted by molar-refractivity contribution is -0.0349. The van der Waals surface area contributed by atoms with Crippen LogP contribution < -0.4 is 24.8 Å². The molecule has 25 heavy (non-hydrogen) atoms. The van der Waals surface area contributed by atoms with E-state index in [0.29, 0.717) is 23.3 Å². The van der Waals surface area contributed by atoms with Crippen molar-refractivity contribution in [2.75, 3.05) is 41.5 Å². The molecule has 0 saturated carbocycles. The van der Waals surface area contributed by atoms with Gasteiger partial charge >= 0.3 is 0 Å². The van der Waals surface area contributed by atoms with Crippen molar-refractivity contribution in [2.24, 2.45) is 0 Å². The summed E-state index contributed by atoms with van der Waals surface area (Å²) in [7, 11) is 7.05. The van der Waals surface area contributed by atoms with Crippen molar-refractivity contribution in [1.82, 2.24) is 20.7 Å². The van der Waals surface area contributed by atoms with E-state index in [4.69, 9.17) is 14.2 Å². The number of nitrogens with one attached hydrogen (secondary N) is 2. The second kappa shape index (κ2) is 7.84. The minimum Gasteiger partial charge on any atom is -0.493 e. The molecule has 7 heteroatoms. The molecule has 2 aliphatic heterocycles. The number of hydrogen-bond donors (Lipinski definition) is 2. The van der Waals surface area contributed by atoms with E-state index in [-0.39, 0.29) is 6.17 Å². The van der Waals surface area contributed by atoms with Crippen LogP contribution >= 0.6 is 0 Å². The van der Waals surface area contributed by atoms with E-state index in [1.165, 1.54) is 0 Å². The number of rotatable bonds is 6. The fourth-order valence-corrected chi connectivity index (χ4v) is 3.54. The zero-order valence-corrected chi connectivity index (χ0v) is 15.4. The first-order valence-corrected chi connectivity index (χ1v) is 8.64. The molecular weight excluding hydrogens is 320 g/mol. The highest BCUT2D eigenvalue weighted by molar-refractivity contribution is 5.54. The molecule has 0 aromatic heterocycles. The molecule has 2 N–H and O–H groups in total. The van der Waals surface area contributed by atoms with Crippen LogP contribution in [0.3, 0.4) is 0 Å². The van der Waals surface area contributed by atoms with Crippen molar-refractivity contribution in [3.8, 4) is 17.2 Å². The lowest BCUT2D eigenvalue weighted by Crippen LogP contribution is -2.49. The van der Waals surface area contributed by atoms with Crippen LogP contribution in [0.2, 0.25) is 0 Å². The predicted octanol–water partition coefficient (Wildman–Crippen LogP) is 1.69. The van der Waals surface area contributed by atoms with Crippen molar-refractivity contribution in [3.63, 3.8) is 0 Å². The van der Waals surface area contributed by atoms with E-state index in [0.717, 1.165) is 31.5 Å². The maximum atomic E-state index is 5.50. The third-order valence-electron chi connectivity index (χ3n) is 4.95. The van der Waals surface area contributed by atoms with Crippen molar-refractivity contribution < 1.29 is 14.2 Å². The van der Waals surface area contributed by atoms with E-state index < -0.39 is 0 Å². The summed E-state index contributed by atoms with van der Waals surface area (Å²) in [5, 5.41) is 11.4. The maximum Gasteiger partial charge on any atom is 0.203 e. The normalized spacial score (nSPS) is 20.7. The molecule has 1 saturated heterocycles. The van der Waals surface area contributed by atoms with Gasteiger partial charge in [0.25, 0.3) is 0 Å². The quantitative estimate of drug-likeness (QED) is 0.811. The van der Waals surface area contributed by atoms with Crippen LogP contribution in [-0.4, -0.2) is 57.5 Å². The number of ether oxygens (including phenoxy) is 3. The number of nitrogens with zero attached hydrogens (tertiary/aromatic N) is 2. The molecule has 1 fully saturated rings. The van der Waals surface area contributed by atoms with Crippen molar-refractivity contribution >= 4 is 0 Å². The summed E-state index contributed by atoms with van der Waals surface area (Å²) in [6, 6.07) is 4.51. The summed E-state index contributed by atoms with van der Waals surface area (Å²) in [4.78, 5) is 0. The average Bonchev–Trinajstić information content (AvgIpc) is 3.16. The van der Waals surface area contributed by atoms with Crippen LogP contribution in [0.15, 0.2) is 24.5 Å². The van der Waals surface area contributed by atoms with Gasteiger partial charge in [0.05, 0.1) is 21.3 Å². The van der Waals surface area contributed by atoms with Gasteiger partial charge in [-0.2, -0.15) is 0 Å². The summed E-state index contributed by atoms with van der Waals surface area (Å²) in [6.45, 7) is 2.13. The number of hydrazine groups is 1. The maximum absolute atomic E-state index is 5.50. The summed E-state index contributed by atoms with van der Waals surface area (Å²) < 4.78 is 16.4. The Kier molecular flexibility index (Phi) is 5.55. The summed E-state index contributed by atoms with van der Waals surface area (Å²) in [5.74, 6) is 1.93. The Bertz CT molecular complexity index is 591. The van der Waals surface area contributed by atoms with E-state index >= 15 is 0 Å². The van der Waals surface area contributed by atoms with Crippen LogP contribution in [0.5, 0.6) is 17.2 Å². The van der Waals surface area contributed by atoms with Crippen LogP contribution in [-0.2, 0) is 0 Å². The molecular formula is C18H28N4O3. The van der Waals surface area contributed by atoms with Gasteiger partial charge in [0, 0.05) is 31.1 Å². The molecule has 138 valence electrons. The minimum absolute atomic E-state index is 0.00593. The minimum atomic E-state index is -0.00593. The second-order valence-corrected chi connectivity index (χ2v) is 6.28. The van der Waals surface area contributed by atoms with Crippen LogP contribution in [0.25, 0.3) is 0 Å². The van der Waals surface area contributed by atoms with Crippen molar-refractivity contribution in [3.05, 3.63) is 30.1 Å². The smallest absolute Gasteiger partial charge is 0.203 e. The van der Waals surface area contributed by atoms with E-state index in [1.807, 2.05) is 18.3 Å². The highest BCUT2D eigenvalue weighted by Gasteiger charge is 2.30. The van der Waals surface area contributed by atoms with Crippen molar-refractivity contribution in [2.45, 2.75) is 25.0 Å². The van der Waals surface area contributed by atoms with Crippen LogP contribution in [0.1, 0.15) is 24.6 Å². The first-order valence-electron chi connectivity index (χ1n) is 8.64. The Morgan fingerprint density at radius 3 is 2.24 bits per heavy atom.